The van der Waals surface area contributed by atoms with Crippen LogP contribution in [0.3, 0.4) is 0 Å². The molecule has 2 nitrogen and oxygen atoms in total. The van der Waals surface area contributed by atoms with Crippen molar-refractivity contribution in [3.63, 3.8) is 0 Å². The molecule has 0 amide bonds. The molecule has 0 fully saturated rings. The third-order valence-corrected chi connectivity index (χ3v) is 4.17. The molecule has 2 aromatic rings. The molecule has 1 aromatic carbocycles. The molecule has 21 heavy (non-hydrogen) atoms. The fourth-order valence-electron chi connectivity index (χ4n) is 2.29. The van der Waals surface area contributed by atoms with Gasteiger partial charge in [-0.15, -0.1) is 0 Å². The highest BCUT2D eigenvalue weighted by Crippen LogP contribution is 2.27. The lowest BCUT2D eigenvalue weighted by atomic mass is 9.99. The molecule has 0 radical (unpaired) electrons. The van der Waals surface area contributed by atoms with E-state index in [1.807, 2.05) is 30.5 Å². The van der Waals surface area contributed by atoms with Crippen LogP contribution in [0.25, 0.3) is 0 Å². The zero-order valence-corrected chi connectivity index (χ0v) is 13.7. The first-order valence-electron chi connectivity index (χ1n) is 7.28. The molecule has 0 spiro atoms. The van der Waals surface area contributed by atoms with Gasteiger partial charge in [0.1, 0.15) is 0 Å². The van der Waals surface area contributed by atoms with Gasteiger partial charge in [-0.1, -0.05) is 42.3 Å². The lowest BCUT2D eigenvalue weighted by Crippen LogP contribution is -2.22. The van der Waals surface area contributed by atoms with Gasteiger partial charge in [-0.25, -0.2) is 0 Å². The van der Waals surface area contributed by atoms with Crippen molar-refractivity contribution in [3.05, 3.63) is 63.9 Å². The minimum Gasteiger partial charge on any atom is -0.310 e. The Morgan fingerprint density at radius 1 is 1.19 bits per heavy atom. The molecular weight excluding hydrogens is 303 g/mol. The van der Waals surface area contributed by atoms with Gasteiger partial charge in [0.15, 0.2) is 0 Å². The molecule has 112 valence electrons. The van der Waals surface area contributed by atoms with Gasteiger partial charge in [0.05, 0.1) is 10.0 Å². The zero-order chi connectivity index (χ0) is 15.1. The highest BCUT2D eigenvalue weighted by atomic mass is 35.5. The maximum absolute atomic E-state index is 6.14. The van der Waals surface area contributed by atoms with Crippen molar-refractivity contribution in [2.45, 2.75) is 32.2 Å². The van der Waals surface area contributed by atoms with E-state index in [1.54, 1.807) is 6.20 Å². The Morgan fingerprint density at radius 3 is 2.71 bits per heavy atom. The largest absolute Gasteiger partial charge is 0.310 e. The summed E-state index contributed by atoms with van der Waals surface area (Å²) >= 11 is 12.1. The minimum absolute atomic E-state index is 0.278. The average Bonchev–Trinajstić information content (AvgIpc) is 2.51. The second-order valence-corrected chi connectivity index (χ2v) is 5.89. The van der Waals surface area contributed by atoms with Crippen LogP contribution in [-0.2, 0) is 6.42 Å². The Morgan fingerprint density at radius 2 is 2.05 bits per heavy atom. The van der Waals surface area contributed by atoms with E-state index in [9.17, 15) is 0 Å². The summed E-state index contributed by atoms with van der Waals surface area (Å²) in [6.45, 7) is 3.15. The number of benzene rings is 1. The number of rotatable bonds is 7. The van der Waals surface area contributed by atoms with Crippen molar-refractivity contribution in [2.24, 2.45) is 0 Å². The lowest BCUT2D eigenvalue weighted by Gasteiger charge is -2.19. The van der Waals surface area contributed by atoms with Crippen LogP contribution in [0, 0.1) is 0 Å². The topological polar surface area (TPSA) is 24.9 Å². The van der Waals surface area contributed by atoms with Crippen LogP contribution >= 0.6 is 23.2 Å². The number of halogens is 2. The van der Waals surface area contributed by atoms with Crippen LogP contribution in [0.15, 0.2) is 42.7 Å². The maximum Gasteiger partial charge on any atom is 0.0595 e. The summed E-state index contributed by atoms with van der Waals surface area (Å²) in [6, 6.07) is 10.2. The highest BCUT2D eigenvalue weighted by Gasteiger charge is 2.12. The summed E-state index contributed by atoms with van der Waals surface area (Å²) in [6.07, 6.45) is 6.81. The summed E-state index contributed by atoms with van der Waals surface area (Å²) in [4.78, 5) is 4.16. The van der Waals surface area contributed by atoms with Crippen molar-refractivity contribution in [3.8, 4) is 0 Å². The monoisotopic (exact) mass is 322 g/mol. The minimum atomic E-state index is 0.278. The van der Waals surface area contributed by atoms with E-state index in [0.717, 1.165) is 25.8 Å². The Bertz CT molecular complexity index is 558. The van der Waals surface area contributed by atoms with Crippen LogP contribution in [0.4, 0.5) is 0 Å². The number of pyridine rings is 1. The summed E-state index contributed by atoms with van der Waals surface area (Å²) in [5.74, 6) is 0. The smallest absolute Gasteiger partial charge is 0.0595 e. The van der Waals surface area contributed by atoms with Crippen LogP contribution in [0.2, 0.25) is 10.0 Å². The van der Waals surface area contributed by atoms with Gasteiger partial charge in [-0.2, -0.15) is 0 Å². The standard InChI is InChI=1S/C17H20Cl2N2/c1-2-9-21-17(8-5-13-4-3-10-20-12-13)14-6-7-15(18)16(19)11-14/h3-4,6-7,10-12,17,21H,2,5,8-9H2,1H3. The SMILES string of the molecule is CCCNC(CCc1cccnc1)c1ccc(Cl)c(Cl)c1. The Hall–Kier alpha value is -1.09. The fraction of sp³-hybridized carbons (Fsp3) is 0.353. The van der Waals surface area contributed by atoms with Crippen molar-refractivity contribution in [1.29, 1.82) is 0 Å². The van der Waals surface area contributed by atoms with Gasteiger partial charge < -0.3 is 5.32 Å². The molecule has 2 rings (SSSR count). The third kappa shape index (κ3) is 4.99. The molecule has 0 aliphatic heterocycles. The first-order chi connectivity index (χ1) is 10.2. The normalized spacial score (nSPS) is 12.3. The number of hydrogen-bond donors (Lipinski definition) is 1. The molecule has 1 unspecified atom stereocenters. The first kappa shape index (κ1) is 16.3. The van der Waals surface area contributed by atoms with E-state index in [4.69, 9.17) is 23.2 Å². The van der Waals surface area contributed by atoms with E-state index in [1.165, 1.54) is 11.1 Å². The van der Waals surface area contributed by atoms with Gasteiger partial charge in [-0.3, -0.25) is 4.98 Å². The quantitative estimate of drug-likeness (QED) is 0.770. The molecule has 1 N–H and O–H groups in total. The van der Waals surface area contributed by atoms with E-state index < -0.39 is 0 Å². The molecule has 0 bridgehead atoms. The van der Waals surface area contributed by atoms with Gasteiger partial charge >= 0.3 is 0 Å². The zero-order valence-electron chi connectivity index (χ0n) is 12.2. The predicted molar refractivity (Wildman–Crippen MR) is 90.1 cm³/mol. The molecule has 0 saturated heterocycles. The Kier molecular flexibility index (Phi) is 6.50. The second-order valence-electron chi connectivity index (χ2n) is 5.08. The van der Waals surface area contributed by atoms with Gasteiger partial charge in [0.25, 0.3) is 0 Å². The predicted octanol–water partition coefficient (Wildman–Crippen LogP) is 5.06. The fourth-order valence-corrected chi connectivity index (χ4v) is 2.60. The number of hydrogen-bond acceptors (Lipinski definition) is 2. The molecule has 1 atom stereocenters. The number of nitrogens with zero attached hydrogens (tertiary/aromatic N) is 1. The van der Waals surface area contributed by atoms with Gasteiger partial charge in [0.2, 0.25) is 0 Å². The summed E-state index contributed by atoms with van der Waals surface area (Å²) in [5, 5.41) is 4.79. The van der Waals surface area contributed by atoms with Crippen molar-refractivity contribution in [2.75, 3.05) is 6.54 Å². The summed E-state index contributed by atoms with van der Waals surface area (Å²) < 4.78 is 0. The Labute approximate surface area is 136 Å². The molecule has 4 heteroatoms. The number of nitrogens with one attached hydrogen (secondary N) is 1. The lowest BCUT2D eigenvalue weighted by molar-refractivity contribution is 0.499. The second kappa shape index (κ2) is 8.38. The molecule has 1 aromatic heterocycles. The van der Waals surface area contributed by atoms with Crippen molar-refractivity contribution in [1.82, 2.24) is 10.3 Å². The maximum atomic E-state index is 6.14. The van der Waals surface area contributed by atoms with Crippen LogP contribution in [-0.4, -0.2) is 11.5 Å². The number of aryl methyl sites for hydroxylation is 1. The van der Waals surface area contributed by atoms with Gasteiger partial charge in [-0.05, 0) is 55.1 Å². The van der Waals surface area contributed by atoms with Gasteiger partial charge in [0, 0.05) is 18.4 Å². The van der Waals surface area contributed by atoms with E-state index in [0.29, 0.717) is 10.0 Å². The van der Waals surface area contributed by atoms with E-state index in [2.05, 4.69) is 23.3 Å². The van der Waals surface area contributed by atoms with E-state index in [-0.39, 0.29) is 6.04 Å². The molecule has 1 heterocycles. The van der Waals surface area contributed by atoms with Crippen LogP contribution in [0.1, 0.15) is 36.9 Å². The first-order valence-corrected chi connectivity index (χ1v) is 8.03. The summed E-state index contributed by atoms with van der Waals surface area (Å²) in [5.41, 5.74) is 2.43. The van der Waals surface area contributed by atoms with Crippen molar-refractivity contribution < 1.29 is 0 Å². The molecule has 0 aliphatic carbocycles. The molecule has 0 aliphatic rings. The third-order valence-electron chi connectivity index (χ3n) is 3.43. The van der Waals surface area contributed by atoms with Crippen LogP contribution in [0.5, 0.6) is 0 Å². The average molecular weight is 323 g/mol. The summed E-state index contributed by atoms with van der Waals surface area (Å²) in [7, 11) is 0. The highest BCUT2D eigenvalue weighted by molar-refractivity contribution is 6.42. The van der Waals surface area contributed by atoms with Crippen LogP contribution < -0.4 is 5.32 Å². The van der Waals surface area contributed by atoms with Crippen molar-refractivity contribution >= 4 is 23.2 Å². The van der Waals surface area contributed by atoms with E-state index >= 15 is 0 Å². The number of aromatic nitrogens is 1. The molecular formula is C17H20Cl2N2. The molecule has 0 saturated carbocycles. The Balaban J connectivity index is 2.08.